The molecule has 0 bridgehead atoms. The van der Waals surface area contributed by atoms with E-state index in [-0.39, 0.29) is 5.91 Å². The van der Waals surface area contributed by atoms with Gasteiger partial charge < -0.3 is 14.5 Å². The Morgan fingerprint density at radius 3 is 2.41 bits per heavy atom. The molecule has 3 aromatic carbocycles. The molecule has 4 rings (SSSR count). The van der Waals surface area contributed by atoms with Crippen molar-refractivity contribution in [3.8, 4) is 16.9 Å². The van der Waals surface area contributed by atoms with E-state index in [0.29, 0.717) is 5.75 Å². The lowest BCUT2D eigenvalue weighted by molar-refractivity contribution is -0.111. The van der Waals surface area contributed by atoms with E-state index in [1.165, 1.54) is 11.1 Å². The summed E-state index contributed by atoms with van der Waals surface area (Å²) in [6, 6.07) is 14.4. The third-order valence-corrected chi connectivity index (χ3v) is 6.56. The van der Waals surface area contributed by atoms with Crippen LogP contribution in [0.3, 0.4) is 0 Å². The topological polar surface area (TPSA) is 51.5 Å². The third kappa shape index (κ3) is 4.24. The van der Waals surface area contributed by atoms with Crippen molar-refractivity contribution in [2.75, 3.05) is 12.4 Å². The summed E-state index contributed by atoms with van der Waals surface area (Å²) in [6.45, 7) is 12.2. The quantitative estimate of drug-likeness (QED) is 0.315. The van der Waals surface area contributed by atoms with Crippen molar-refractivity contribution in [2.24, 2.45) is 0 Å². The van der Waals surface area contributed by atoms with Gasteiger partial charge in [0, 0.05) is 33.8 Å². The van der Waals surface area contributed by atoms with Crippen molar-refractivity contribution in [1.29, 1.82) is 0 Å². The number of rotatable bonds is 5. The second-order valence-electron chi connectivity index (χ2n) is 8.99. The van der Waals surface area contributed by atoms with Crippen molar-refractivity contribution < 1.29 is 13.9 Å². The van der Waals surface area contributed by atoms with Crippen LogP contribution in [0.2, 0.25) is 0 Å². The predicted molar refractivity (Wildman–Crippen MR) is 141 cm³/mol. The zero-order chi connectivity index (χ0) is 24.6. The van der Waals surface area contributed by atoms with Crippen LogP contribution in [0.25, 0.3) is 27.7 Å². The number of anilines is 1. The Morgan fingerprint density at radius 1 is 0.941 bits per heavy atom. The number of hydrogen-bond acceptors (Lipinski definition) is 3. The lowest BCUT2D eigenvalue weighted by atomic mass is 9.94. The highest BCUT2D eigenvalue weighted by atomic mass is 16.5. The Morgan fingerprint density at radius 2 is 1.71 bits per heavy atom. The number of amides is 1. The fourth-order valence-corrected chi connectivity index (χ4v) is 4.53. The SMILES string of the molecule is COc1c(/C(C)=C/C(=O)Nc2cccc(C)c2C)cc2c(-c3ccc(C)cc3C)coc2c1C. The molecule has 0 aliphatic heterocycles. The van der Waals surface area contributed by atoms with Crippen LogP contribution in [0.1, 0.15) is 40.3 Å². The van der Waals surface area contributed by atoms with Crippen molar-refractivity contribution >= 4 is 28.1 Å². The summed E-state index contributed by atoms with van der Waals surface area (Å²) in [4.78, 5) is 12.9. The van der Waals surface area contributed by atoms with Crippen molar-refractivity contribution in [3.63, 3.8) is 0 Å². The maximum Gasteiger partial charge on any atom is 0.248 e. The summed E-state index contributed by atoms with van der Waals surface area (Å²) < 4.78 is 11.8. The number of hydrogen-bond donors (Lipinski definition) is 1. The van der Waals surface area contributed by atoms with Gasteiger partial charge in [0.25, 0.3) is 0 Å². The molecule has 0 atom stereocenters. The van der Waals surface area contributed by atoms with Crippen molar-refractivity contribution in [2.45, 2.75) is 41.5 Å². The molecule has 4 aromatic rings. The van der Waals surface area contributed by atoms with Gasteiger partial charge in [0.15, 0.2) is 0 Å². The smallest absolute Gasteiger partial charge is 0.248 e. The minimum atomic E-state index is -0.173. The maximum absolute atomic E-state index is 12.9. The molecule has 0 radical (unpaired) electrons. The van der Waals surface area contributed by atoms with E-state index < -0.39 is 0 Å². The second-order valence-corrected chi connectivity index (χ2v) is 8.99. The van der Waals surface area contributed by atoms with Crippen molar-refractivity contribution in [1.82, 2.24) is 0 Å². The molecule has 0 spiro atoms. The van der Waals surface area contributed by atoms with E-state index in [2.05, 4.69) is 43.4 Å². The van der Waals surface area contributed by atoms with E-state index in [4.69, 9.17) is 9.15 Å². The van der Waals surface area contributed by atoms with E-state index >= 15 is 0 Å². The predicted octanol–water partition coefficient (Wildman–Crippen LogP) is 7.69. The number of benzene rings is 3. The van der Waals surface area contributed by atoms with Gasteiger partial charge in [0.1, 0.15) is 11.3 Å². The number of allylic oxidation sites excluding steroid dienone is 1. The van der Waals surface area contributed by atoms with Crippen LogP contribution < -0.4 is 10.1 Å². The highest BCUT2D eigenvalue weighted by Gasteiger charge is 2.19. The zero-order valence-electron chi connectivity index (χ0n) is 20.9. The first-order chi connectivity index (χ1) is 16.2. The number of carbonyl (C=O) groups is 1. The fourth-order valence-electron chi connectivity index (χ4n) is 4.53. The number of ether oxygens (including phenoxy) is 1. The number of furan rings is 1. The lowest BCUT2D eigenvalue weighted by Crippen LogP contribution is -2.10. The van der Waals surface area contributed by atoms with Crippen LogP contribution in [-0.4, -0.2) is 13.0 Å². The Hall–Kier alpha value is -3.79. The molecule has 0 aliphatic rings. The summed E-state index contributed by atoms with van der Waals surface area (Å²) in [6.07, 6.45) is 3.44. The van der Waals surface area contributed by atoms with Gasteiger partial charge in [-0.25, -0.2) is 0 Å². The monoisotopic (exact) mass is 453 g/mol. The molecule has 1 aromatic heterocycles. The Kier molecular flexibility index (Phi) is 6.34. The largest absolute Gasteiger partial charge is 0.496 e. The van der Waals surface area contributed by atoms with Crippen LogP contribution in [-0.2, 0) is 4.79 Å². The van der Waals surface area contributed by atoms with Gasteiger partial charge in [-0.2, -0.15) is 0 Å². The summed E-state index contributed by atoms with van der Waals surface area (Å²) in [5.74, 6) is 0.537. The number of aryl methyl sites for hydroxylation is 4. The molecule has 34 heavy (non-hydrogen) atoms. The number of fused-ring (bicyclic) bond motifs is 1. The molecule has 1 N–H and O–H groups in total. The Bertz CT molecular complexity index is 1440. The van der Waals surface area contributed by atoms with Gasteiger partial charge in [-0.1, -0.05) is 35.9 Å². The van der Waals surface area contributed by atoms with Gasteiger partial charge in [0.2, 0.25) is 5.91 Å². The molecule has 0 fully saturated rings. The van der Waals surface area contributed by atoms with Crippen LogP contribution in [0.4, 0.5) is 5.69 Å². The van der Waals surface area contributed by atoms with Crippen LogP contribution in [0.15, 0.2) is 59.2 Å². The highest BCUT2D eigenvalue weighted by molar-refractivity contribution is 6.06. The van der Waals surface area contributed by atoms with E-state index in [9.17, 15) is 4.79 Å². The summed E-state index contributed by atoms with van der Waals surface area (Å²) in [5, 5.41) is 4.01. The van der Waals surface area contributed by atoms with Crippen LogP contribution in [0.5, 0.6) is 5.75 Å². The highest BCUT2D eigenvalue weighted by Crippen LogP contribution is 2.41. The minimum Gasteiger partial charge on any atom is -0.496 e. The van der Waals surface area contributed by atoms with Gasteiger partial charge in [-0.05, 0) is 81.5 Å². The van der Waals surface area contributed by atoms with Gasteiger partial charge in [0.05, 0.1) is 13.4 Å². The summed E-state index contributed by atoms with van der Waals surface area (Å²) in [7, 11) is 1.65. The first kappa shape index (κ1) is 23.4. The lowest BCUT2D eigenvalue weighted by Gasteiger charge is -2.14. The average molecular weight is 454 g/mol. The van der Waals surface area contributed by atoms with Gasteiger partial charge in [-0.3, -0.25) is 4.79 Å². The molecule has 0 unspecified atom stereocenters. The third-order valence-electron chi connectivity index (χ3n) is 6.56. The van der Waals surface area contributed by atoms with E-state index in [1.807, 2.05) is 52.2 Å². The van der Waals surface area contributed by atoms with Crippen LogP contribution >= 0.6 is 0 Å². The first-order valence-electron chi connectivity index (χ1n) is 11.4. The molecule has 1 heterocycles. The Labute approximate surface area is 201 Å². The molecule has 4 heteroatoms. The molecule has 0 saturated heterocycles. The van der Waals surface area contributed by atoms with Gasteiger partial charge in [-0.15, -0.1) is 0 Å². The van der Waals surface area contributed by atoms with E-state index in [1.54, 1.807) is 13.2 Å². The zero-order valence-corrected chi connectivity index (χ0v) is 20.9. The molecular weight excluding hydrogens is 422 g/mol. The number of methoxy groups -OCH3 is 1. The molecule has 0 aliphatic carbocycles. The summed E-state index contributed by atoms with van der Waals surface area (Å²) >= 11 is 0. The Balaban J connectivity index is 1.79. The molecule has 4 nitrogen and oxygen atoms in total. The normalized spacial score (nSPS) is 11.7. The average Bonchev–Trinajstić information content (AvgIpc) is 3.21. The first-order valence-corrected chi connectivity index (χ1v) is 11.4. The van der Waals surface area contributed by atoms with Gasteiger partial charge >= 0.3 is 0 Å². The molecular formula is C30H31NO3. The number of nitrogens with one attached hydrogen (secondary N) is 1. The van der Waals surface area contributed by atoms with E-state index in [0.717, 1.165) is 55.6 Å². The maximum atomic E-state index is 12.9. The molecule has 1 amide bonds. The van der Waals surface area contributed by atoms with Crippen LogP contribution in [0, 0.1) is 34.6 Å². The summed E-state index contributed by atoms with van der Waals surface area (Å²) in [5.41, 5.74) is 11.0. The van der Waals surface area contributed by atoms with Crippen molar-refractivity contribution in [3.05, 3.63) is 88.2 Å². The minimum absolute atomic E-state index is 0.173. The second kappa shape index (κ2) is 9.22. The molecule has 0 saturated carbocycles. The number of carbonyl (C=O) groups excluding carboxylic acids is 1. The fraction of sp³-hybridized carbons (Fsp3) is 0.233. The standard InChI is InChI=1S/C30H31NO3/c1-17-11-12-23(19(3)13-17)26-16-34-30-22(6)29(33-7)24(15-25(26)30)20(4)14-28(32)31-27-10-8-9-18(2)21(27)5/h8-16H,1-7H3,(H,31,32)/b20-14+. The molecule has 174 valence electrons.